The van der Waals surface area contributed by atoms with Gasteiger partial charge in [-0.05, 0) is 30.3 Å². The van der Waals surface area contributed by atoms with E-state index in [1.165, 1.54) is 11.8 Å². The predicted molar refractivity (Wildman–Crippen MR) is 115 cm³/mol. The Labute approximate surface area is 172 Å². The third-order valence-electron chi connectivity index (χ3n) is 4.47. The fraction of sp³-hybridized carbons (Fsp3) is 0.190. The Morgan fingerprint density at radius 2 is 2.03 bits per heavy atom. The molecule has 1 unspecified atom stereocenters. The molecule has 0 saturated carbocycles. The zero-order valence-corrected chi connectivity index (χ0v) is 16.7. The number of methoxy groups -OCH3 is 1. The molecule has 2 aliphatic rings. The first kappa shape index (κ1) is 19.1. The molecule has 1 aliphatic heterocycles. The van der Waals surface area contributed by atoms with Gasteiger partial charge in [0.05, 0.1) is 18.6 Å². The van der Waals surface area contributed by atoms with E-state index >= 15 is 0 Å². The fourth-order valence-electron chi connectivity index (χ4n) is 3.05. The highest BCUT2D eigenvalue weighted by Crippen LogP contribution is 2.26. The molecule has 7 nitrogen and oxygen atoms in total. The number of thioether (sulfide) groups is 1. The summed E-state index contributed by atoms with van der Waals surface area (Å²) in [5.74, 6) is 1.89. The van der Waals surface area contributed by atoms with Crippen molar-refractivity contribution < 1.29 is 9.53 Å². The first-order valence-electron chi connectivity index (χ1n) is 9.06. The summed E-state index contributed by atoms with van der Waals surface area (Å²) >= 11 is 1.44. The number of carbonyl (C=O) groups excluding carboxylic acids is 1. The maximum Gasteiger partial charge on any atom is 0.260 e. The van der Waals surface area contributed by atoms with Crippen LogP contribution in [0, 0.1) is 5.92 Å². The van der Waals surface area contributed by atoms with Crippen LogP contribution in [0.25, 0.3) is 11.4 Å². The number of amides is 1. The van der Waals surface area contributed by atoms with Crippen LogP contribution in [-0.2, 0) is 11.3 Å². The third-order valence-corrected chi connectivity index (χ3v) is 5.43. The van der Waals surface area contributed by atoms with Crippen LogP contribution in [0.4, 0.5) is 0 Å². The maximum atomic E-state index is 12.2. The van der Waals surface area contributed by atoms with Crippen molar-refractivity contribution >= 4 is 29.2 Å². The molecule has 0 N–H and O–H groups in total. The summed E-state index contributed by atoms with van der Waals surface area (Å²) in [6, 6.07) is 7.65. The van der Waals surface area contributed by atoms with Crippen LogP contribution >= 0.6 is 11.8 Å². The second-order valence-corrected chi connectivity index (χ2v) is 7.29. The minimum absolute atomic E-state index is 0.183. The van der Waals surface area contributed by atoms with E-state index in [1.54, 1.807) is 13.2 Å². The number of benzene rings is 1. The largest absolute Gasteiger partial charge is 0.497 e. The summed E-state index contributed by atoms with van der Waals surface area (Å²) in [4.78, 5) is 20.9. The Hall–Kier alpha value is -3.26. The molecular weight excluding hydrogens is 386 g/mol. The number of hydrogen-bond donors (Lipinski definition) is 0. The molecule has 1 aliphatic carbocycles. The van der Waals surface area contributed by atoms with Crippen molar-refractivity contribution in [2.75, 3.05) is 12.9 Å². The fourth-order valence-corrected chi connectivity index (χ4v) is 3.86. The quantitative estimate of drug-likeness (QED) is 0.521. The van der Waals surface area contributed by atoms with Gasteiger partial charge in [-0.15, -0.1) is 16.8 Å². The minimum Gasteiger partial charge on any atom is -0.497 e. The number of ether oxygens (including phenoxy) is 1. The van der Waals surface area contributed by atoms with Crippen LogP contribution < -0.4 is 4.74 Å². The second-order valence-electron chi connectivity index (χ2n) is 6.35. The molecule has 0 spiro atoms. The van der Waals surface area contributed by atoms with Crippen LogP contribution in [0.2, 0.25) is 0 Å². The lowest BCUT2D eigenvalue weighted by molar-refractivity contribution is -0.118. The molecular formula is C21H19N5O2S. The topological polar surface area (TPSA) is 81.7 Å². The highest BCUT2D eigenvalue weighted by atomic mass is 32.2. The molecule has 146 valence electrons. The number of nitrogens with zero attached hydrogens (tertiary/aromatic N) is 5. The molecule has 0 radical (unpaired) electrons. The number of rotatable bonds is 7. The van der Waals surface area contributed by atoms with Gasteiger partial charge in [-0.25, -0.2) is 4.99 Å². The number of carbonyl (C=O) groups is 1. The number of fused-ring (bicyclic) bond motifs is 1. The molecule has 2 aromatic rings. The summed E-state index contributed by atoms with van der Waals surface area (Å²) in [7, 11) is 1.63. The van der Waals surface area contributed by atoms with Crippen LogP contribution in [-0.4, -0.2) is 45.1 Å². The molecule has 8 heteroatoms. The molecule has 0 fully saturated rings. The molecule has 2 heterocycles. The van der Waals surface area contributed by atoms with Crippen molar-refractivity contribution in [1.82, 2.24) is 14.8 Å². The molecule has 29 heavy (non-hydrogen) atoms. The predicted octanol–water partition coefficient (Wildman–Crippen LogP) is 3.35. The van der Waals surface area contributed by atoms with Gasteiger partial charge in [-0.2, -0.15) is 4.99 Å². The average molecular weight is 405 g/mol. The van der Waals surface area contributed by atoms with Gasteiger partial charge in [0.25, 0.3) is 5.91 Å². The van der Waals surface area contributed by atoms with E-state index in [2.05, 4.69) is 26.8 Å². The Kier molecular flexibility index (Phi) is 5.53. The summed E-state index contributed by atoms with van der Waals surface area (Å²) in [6.07, 6.45) is 9.18. The molecule has 0 saturated heterocycles. The zero-order chi connectivity index (χ0) is 20.2. The van der Waals surface area contributed by atoms with Gasteiger partial charge < -0.3 is 4.74 Å². The Balaban J connectivity index is 1.55. The van der Waals surface area contributed by atoms with Gasteiger partial charge in [-0.1, -0.05) is 36.1 Å². The smallest absolute Gasteiger partial charge is 0.260 e. The second kappa shape index (κ2) is 8.40. The van der Waals surface area contributed by atoms with Crippen LogP contribution in [0.15, 0.2) is 76.4 Å². The molecule has 4 rings (SSSR count). The first-order chi connectivity index (χ1) is 14.2. The maximum absolute atomic E-state index is 12.2. The molecule has 1 atom stereocenters. The van der Waals surface area contributed by atoms with Crippen molar-refractivity contribution in [2.45, 2.75) is 11.7 Å². The van der Waals surface area contributed by atoms with E-state index in [0.29, 0.717) is 23.3 Å². The van der Waals surface area contributed by atoms with Gasteiger partial charge in [0.15, 0.2) is 11.0 Å². The van der Waals surface area contributed by atoms with Crippen molar-refractivity contribution in [3.63, 3.8) is 0 Å². The van der Waals surface area contributed by atoms with E-state index in [-0.39, 0.29) is 11.8 Å². The summed E-state index contributed by atoms with van der Waals surface area (Å²) in [5, 5.41) is 9.38. The number of aliphatic imine (C=N–C) groups is 2. The summed E-state index contributed by atoms with van der Waals surface area (Å²) < 4.78 is 7.19. The first-order valence-corrected chi connectivity index (χ1v) is 10.0. The minimum atomic E-state index is -0.361. The van der Waals surface area contributed by atoms with Gasteiger partial charge in [0.1, 0.15) is 17.5 Å². The van der Waals surface area contributed by atoms with Crippen LogP contribution in [0.5, 0.6) is 5.75 Å². The lowest BCUT2D eigenvalue weighted by atomic mass is 9.97. The molecule has 1 aromatic carbocycles. The highest BCUT2D eigenvalue weighted by molar-refractivity contribution is 7.99. The van der Waals surface area contributed by atoms with E-state index in [4.69, 9.17) is 4.74 Å². The number of aromatic nitrogens is 3. The van der Waals surface area contributed by atoms with Crippen molar-refractivity contribution in [2.24, 2.45) is 15.9 Å². The van der Waals surface area contributed by atoms with Gasteiger partial charge >= 0.3 is 0 Å². The standard InChI is InChI=1S/C21H19N5O2S/c1-3-12-26-19(14-8-10-15(28-2)11-9-14)24-25-21(26)29-13-18-22-17-7-5-4-6-16(17)20(27)23-18/h3-11,16H,1,12-13H2,2H3. The molecule has 1 amide bonds. The van der Waals surface area contributed by atoms with E-state index in [9.17, 15) is 4.79 Å². The highest BCUT2D eigenvalue weighted by Gasteiger charge is 2.26. The van der Waals surface area contributed by atoms with Crippen molar-refractivity contribution in [3.05, 3.63) is 61.2 Å². The van der Waals surface area contributed by atoms with Gasteiger partial charge in [0, 0.05) is 12.1 Å². The molecule has 1 aromatic heterocycles. The SMILES string of the molecule is C=CCn1c(SCC2=NC(=O)C3C=CC=CC3=N2)nnc1-c1ccc(OC)cc1. The van der Waals surface area contributed by atoms with Crippen molar-refractivity contribution in [3.8, 4) is 17.1 Å². The average Bonchev–Trinajstić information content (AvgIpc) is 3.15. The summed E-state index contributed by atoms with van der Waals surface area (Å²) in [6.45, 7) is 4.40. The Bertz CT molecular complexity index is 1060. The van der Waals surface area contributed by atoms with Crippen LogP contribution in [0.1, 0.15) is 0 Å². The zero-order valence-electron chi connectivity index (χ0n) is 15.9. The number of allylic oxidation sites excluding steroid dienone is 4. The Morgan fingerprint density at radius 3 is 2.79 bits per heavy atom. The summed E-state index contributed by atoms with van der Waals surface area (Å²) in [5.41, 5.74) is 1.66. The van der Waals surface area contributed by atoms with E-state index < -0.39 is 0 Å². The normalized spacial score (nSPS) is 17.6. The number of hydrogen-bond acceptors (Lipinski definition) is 6. The lowest BCUT2D eigenvalue weighted by Gasteiger charge is -2.17. The van der Waals surface area contributed by atoms with E-state index in [1.807, 2.05) is 53.1 Å². The van der Waals surface area contributed by atoms with Crippen LogP contribution in [0.3, 0.4) is 0 Å². The lowest BCUT2D eigenvalue weighted by Crippen LogP contribution is -2.27. The van der Waals surface area contributed by atoms with E-state index in [0.717, 1.165) is 22.8 Å². The monoisotopic (exact) mass is 405 g/mol. The van der Waals surface area contributed by atoms with Gasteiger partial charge in [0.2, 0.25) is 0 Å². The number of amidine groups is 1. The Morgan fingerprint density at radius 1 is 1.21 bits per heavy atom. The molecule has 0 bridgehead atoms. The van der Waals surface area contributed by atoms with Crippen molar-refractivity contribution in [1.29, 1.82) is 0 Å². The third kappa shape index (κ3) is 3.97. The van der Waals surface area contributed by atoms with Gasteiger partial charge in [-0.3, -0.25) is 9.36 Å².